The van der Waals surface area contributed by atoms with E-state index in [0.717, 1.165) is 48.8 Å². The third kappa shape index (κ3) is 3.38. The second kappa shape index (κ2) is 6.55. The number of hydrogen-bond acceptors (Lipinski definition) is 6. The van der Waals surface area contributed by atoms with E-state index < -0.39 is 5.60 Å². The van der Waals surface area contributed by atoms with Crippen molar-refractivity contribution in [2.45, 2.75) is 39.8 Å². The molecule has 0 spiro atoms. The van der Waals surface area contributed by atoms with Crippen molar-refractivity contribution in [3.8, 4) is 0 Å². The Kier molecular flexibility index (Phi) is 4.32. The molecule has 138 valence electrons. The maximum atomic E-state index is 10.1. The Morgan fingerprint density at radius 3 is 2.52 bits per heavy atom. The van der Waals surface area contributed by atoms with Crippen LogP contribution in [0.2, 0.25) is 0 Å². The molecule has 0 saturated heterocycles. The molecule has 0 aliphatic heterocycles. The number of benzene rings is 1. The van der Waals surface area contributed by atoms with E-state index in [4.69, 9.17) is 0 Å². The molecule has 0 bridgehead atoms. The zero-order chi connectivity index (χ0) is 19.2. The van der Waals surface area contributed by atoms with Crippen molar-refractivity contribution in [2.75, 3.05) is 5.32 Å². The number of aliphatic hydroxyl groups is 1. The van der Waals surface area contributed by atoms with Gasteiger partial charge in [0.05, 0.1) is 16.0 Å². The van der Waals surface area contributed by atoms with Gasteiger partial charge in [-0.2, -0.15) is 0 Å². The van der Waals surface area contributed by atoms with Crippen molar-refractivity contribution in [2.24, 2.45) is 0 Å². The average Bonchev–Trinajstić information content (AvgIpc) is 2.98. The largest absolute Gasteiger partial charge is 0.386 e. The predicted molar refractivity (Wildman–Crippen MR) is 111 cm³/mol. The Bertz CT molecular complexity index is 1130. The molecule has 4 aromatic rings. The molecule has 0 fully saturated rings. The fourth-order valence-corrected chi connectivity index (χ4v) is 4.48. The van der Waals surface area contributed by atoms with E-state index in [1.54, 1.807) is 25.2 Å². The van der Waals surface area contributed by atoms with Crippen molar-refractivity contribution in [1.82, 2.24) is 15.0 Å². The SMILES string of the molecule is Cc1nc(C)c2c(n1)sc1c(NCc3ccc(C(C)(C)O)cc3)nccc12. The number of aromatic nitrogens is 3. The summed E-state index contributed by atoms with van der Waals surface area (Å²) >= 11 is 1.65. The normalized spacial score (nSPS) is 12.0. The average molecular weight is 379 g/mol. The number of pyridine rings is 1. The first-order valence-electron chi connectivity index (χ1n) is 8.91. The number of rotatable bonds is 4. The summed E-state index contributed by atoms with van der Waals surface area (Å²) in [6.45, 7) is 8.19. The Morgan fingerprint density at radius 2 is 1.81 bits per heavy atom. The molecule has 0 aliphatic carbocycles. The molecule has 0 aliphatic rings. The number of thiophene rings is 1. The zero-order valence-electron chi connectivity index (χ0n) is 15.9. The number of nitrogens with zero attached hydrogens (tertiary/aromatic N) is 3. The quantitative estimate of drug-likeness (QED) is 0.539. The van der Waals surface area contributed by atoms with Crippen LogP contribution in [0.4, 0.5) is 5.82 Å². The predicted octanol–water partition coefficient (Wildman–Crippen LogP) is 4.70. The highest BCUT2D eigenvalue weighted by Crippen LogP contribution is 2.37. The van der Waals surface area contributed by atoms with E-state index in [1.807, 2.05) is 50.4 Å². The molecule has 1 aromatic carbocycles. The van der Waals surface area contributed by atoms with E-state index in [1.165, 1.54) is 0 Å². The lowest BCUT2D eigenvalue weighted by atomic mass is 9.97. The van der Waals surface area contributed by atoms with Gasteiger partial charge in [-0.05, 0) is 44.9 Å². The molecule has 0 unspecified atom stereocenters. The lowest BCUT2D eigenvalue weighted by Crippen LogP contribution is -2.15. The molecule has 0 radical (unpaired) electrons. The van der Waals surface area contributed by atoms with Gasteiger partial charge in [0.2, 0.25) is 0 Å². The maximum absolute atomic E-state index is 10.1. The molecule has 0 atom stereocenters. The first-order chi connectivity index (χ1) is 12.8. The maximum Gasteiger partial charge on any atom is 0.144 e. The summed E-state index contributed by atoms with van der Waals surface area (Å²) in [7, 11) is 0. The van der Waals surface area contributed by atoms with Crippen LogP contribution in [0.1, 0.15) is 36.5 Å². The third-order valence-electron chi connectivity index (χ3n) is 4.66. The van der Waals surface area contributed by atoms with Gasteiger partial charge in [-0.25, -0.2) is 15.0 Å². The molecular formula is C21H22N4OS. The molecular weight excluding hydrogens is 356 g/mol. The van der Waals surface area contributed by atoms with E-state index in [9.17, 15) is 5.11 Å². The van der Waals surface area contributed by atoms with Crippen LogP contribution < -0.4 is 5.32 Å². The van der Waals surface area contributed by atoms with Gasteiger partial charge in [-0.15, -0.1) is 11.3 Å². The Hall–Kier alpha value is -2.57. The Labute approximate surface area is 162 Å². The minimum absolute atomic E-state index is 0.663. The number of aryl methyl sites for hydroxylation is 2. The van der Waals surface area contributed by atoms with Crippen molar-refractivity contribution < 1.29 is 5.11 Å². The third-order valence-corrected chi connectivity index (χ3v) is 5.77. The summed E-state index contributed by atoms with van der Waals surface area (Å²) in [5.41, 5.74) is 2.21. The van der Waals surface area contributed by atoms with Crippen LogP contribution in [0.5, 0.6) is 0 Å². The molecule has 0 amide bonds. The monoisotopic (exact) mass is 378 g/mol. The Balaban J connectivity index is 1.65. The molecule has 6 heteroatoms. The number of hydrogen-bond donors (Lipinski definition) is 2. The second-order valence-corrected chi connectivity index (χ2v) is 8.28. The van der Waals surface area contributed by atoms with Gasteiger partial charge in [0.1, 0.15) is 16.5 Å². The summed E-state index contributed by atoms with van der Waals surface area (Å²) in [6, 6.07) is 10.0. The second-order valence-electron chi connectivity index (χ2n) is 7.28. The molecule has 2 N–H and O–H groups in total. The van der Waals surface area contributed by atoms with E-state index in [2.05, 4.69) is 20.3 Å². The molecule has 3 aromatic heterocycles. The van der Waals surface area contributed by atoms with Crippen molar-refractivity contribution in [1.29, 1.82) is 0 Å². The molecule has 3 heterocycles. The van der Waals surface area contributed by atoms with Gasteiger partial charge in [0.15, 0.2) is 0 Å². The lowest BCUT2D eigenvalue weighted by molar-refractivity contribution is 0.0786. The van der Waals surface area contributed by atoms with Gasteiger partial charge >= 0.3 is 0 Å². The van der Waals surface area contributed by atoms with E-state index >= 15 is 0 Å². The molecule has 27 heavy (non-hydrogen) atoms. The summed E-state index contributed by atoms with van der Waals surface area (Å²) in [4.78, 5) is 14.6. The summed E-state index contributed by atoms with van der Waals surface area (Å²) in [5, 5.41) is 15.8. The van der Waals surface area contributed by atoms with E-state index in [0.29, 0.717) is 6.54 Å². The van der Waals surface area contributed by atoms with Crippen molar-refractivity contribution >= 4 is 37.5 Å². The summed E-state index contributed by atoms with van der Waals surface area (Å²) in [5.74, 6) is 1.65. The number of anilines is 1. The zero-order valence-corrected chi connectivity index (χ0v) is 16.7. The topological polar surface area (TPSA) is 70.9 Å². The van der Waals surface area contributed by atoms with Crippen LogP contribution in [0, 0.1) is 13.8 Å². The lowest BCUT2D eigenvalue weighted by Gasteiger charge is -2.18. The van der Waals surface area contributed by atoms with Crippen molar-refractivity contribution in [3.63, 3.8) is 0 Å². The highest BCUT2D eigenvalue weighted by atomic mass is 32.1. The standard InChI is InChI=1S/C21H22N4OS/c1-12-17-16-9-10-22-19(18(16)27-20(17)25-13(2)24-12)23-11-14-5-7-15(8-6-14)21(3,4)26/h5-10,26H,11H2,1-4H3,(H,22,23). The van der Waals surface area contributed by atoms with Crippen LogP contribution in [-0.4, -0.2) is 20.1 Å². The minimum Gasteiger partial charge on any atom is -0.386 e. The van der Waals surface area contributed by atoms with Gasteiger partial charge in [-0.1, -0.05) is 24.3 Å². The minimum atomic E-state index is -0.826. The van der Waals surface area contributed by atoms with Crippen LogP contribution in [0.25, 0.3) is 20.3 Å². The van der Waals surface area contributed by atoms with Crippen LogP contribution >= 0.6 is 11.3 Å². The highest BCUT2D eigenvalue weighted by molar-refractivity contribution is 7.26. The first kappa shape index (κ1) is 17.8. The number of fused-ring (bicyclic) bond motifs is 3. The van der Waals surface area contributed by atoms with Gasteiger partial charge < -0.3 is 10.4 Å². The fraction of sp³-hybridized carbons (Fsp3) is 0.286. The van der Waals surface area contributed by atoms with Crippen molar-refractivity contribution in [3.05, 3.63) is 59.2 Å². The summed E-state index contributed by atoms with van der Waals surface area (Å²) in [6.07, 6.45) is 1.83. The highest BCUT2D eigenvalue weighted by Gasteiger charge is 2.16. The van der Waals surface area contributed by atoms with Gasteiger partial charge in [0.25, 0.3) is 0 Å². The Morgan fingerprint density at radius 1 is 1.07 bits per heavy atom. The fourth-order valence-electron chi connectivity index (χ4n) is 3.25. The smallest absolute Gasteiger partial charge is 0.144 e. The molecule has 4 rings (SSSR count). The summed E-state index contributed by atoms with van der Waals surface area (Å²) < 4.78 is 1.10. The number of nitrogens with one attached hydrogen (secondary N) is 1. The molecule has 5 nitrogen and oxygen atoms in total. The first-order valence-corrected chi connectivity index (χ1v) is 9.73. The van der Waals surface area contributed by atoms with E-state index in [-0.39, 0.29) is 0 Å². The van der Waals surface area contributed by atoms with Crippen LogP contribution in [0.3, 0.4) is 0 Å². The van der Waals surface area contributed by atoms with Gasteiger partial charge in [0, 0.05) is 23.5 Å². The van der Waals surface area contributed by atoms with Gasteiger partial charge in [-0.3, -0.25) is 0 Å². The van der Waals surface area contributed by atoms with Crippen LogP contribution in [-0.2, 0) is 12.1 Å². The molecule has 0 saturated carbocycles. The van der Waals surface area contributed by atoms with Crippen LogP contribution in [0.15, 0.2) is 36.5 Å².